The van der Waals surface area contributed by atoms with Crippen LogP contribution in [0.2, 0.25) is 0 Å². The van der Waals surface area contributed by atoms with Crippen molar-refractivity contribution in [1.29, 1.82) is 0 Å². The van der Waals surface area contributed by atoms with Gasteiger partial charge in [0, 0.05) is 13.1 Å². The van der Waals surface area contributed by atoms with Crippen LogP contribution in [0, 0.1) is 0 Å². The lowest BCUT2D eigenvalue weighted by atomic mass is 10.1. The predicted octanol–water partition coefficient (Wildman–Crippen LogP) is 2.12. The van der Waals surface area contributed by atoms with Gasteiger partial charge in [-0.3, -0.25) is 4.79 Å². The monoisotopic (exact) mass is 320 g/mol. The van der Waals surface area contributed by atoms with Gasteiger partial charge in [0.05, 0.1) is 0 Å². The second-order valence-corrected chi connectivity index (χ2v) is 7.34. The van der Waals surface area contributed by atoms with E-state index in [2.05, 4.69) is 11.6 Å². The molecule has 1 atom stereocenters. The summed E-state index contributed by atoms with van der Waals surface area (Å²) >= 11 is 0. The van der Waals surface area contributed by atoms with Gasteiger partial charge in [0.15, 0.2) is 0 Å². The average Bonchev–Trinajstić information content (AvgIpc) is 2.46. The summed E-state index contributed by atoms with van der Waals surface area (Å²) in [4.78, 5) is 11.2. The van der Waals surface area contributed by atoms with Gasteiger partial charge in [0.2, 0.25) is 0 Å². The highest BCUT2D eigenvalue weighted by Gasteiger charge is 2.36. The molecule has 0 radical (unpaired) electrons. The molecule has 0 saturated carbocycles. The van der Waals surface area contributed by atoms with Crippen molar-refractivity contribution in [2.24, 2.45) is 0 Å². The lowest BCUT2D eigenvalue weighted by Crippen LogP contribution is -2.52. The Morgan fingerprint density at radius 2 is 1.86 bits per heavy atom. The van der Waals surface area contributed by atoms with E-state index < -0.39 is 22.2 Å². The zero-order valence-electron chi connectivity index (χ0n) is 12.9. The topological polar surface area (TPSA) is 86.7 Å². The Morgan fingerprint density at radius 3 is 2.52 bits per heavy atom. The number of hydrogen-bond donors (Lipinski definition) is 2. The Hall–Kier alpha value is -0.660. The minimum Gasteiger partial charge on any atom is -0.480 e. The maximum Gasteiger partial charge on any atom is 0.322 e. The van der Waals surface area contributed by atoms with Crippen LogP contribution in [0.3, 0.4) is 0 Å². The standard InChI is InChI=1S/C14H28N2O4S/c1-2-3-4-5-6-8-11-15-21(19,20)16-12-9-7-10-13(16)14(17)18/h13,15H,2-12H2,1H3,(H,17,18). The summed E-state index contributed by atoms with van der Waals surface area (Å²) in [6.07, 6.45) is 8.42. The van der Waals surface area contributed by atoms with E-state index in [1.165, 1.54) is 19.3 Å². The fourth-order valence-electron chi connectivity index (χ4n) is 2.63. The summed E-state index contributed by atoms with van der Waals surface area (Å²) in [7, 11) is -3.67. The molecule has 7 heteroatoms. The third kappa shape index (κ3) is 6.32. The van der Waals surface area contributed by atoms with Crippen molar-refractivity contribution in [2.75, 3.05) is 13.1 Å². The summed E-state index contributed by atoms with van der Waals surface area (Å²) in [5.41, 5.74) is 0. The second-order valence-electron chi connectivity index (χ2n) is 5.63. The van der Waals surface area contributed by atoms with Crippen molar-refractivity contribution in [1.82, 2.24) is 9.03 Å². The van der Waals surface area contributed by atoms with Crippen LogP contribution in [-0.4, -0.2) is 42.9 Å². The molecule has 0 aromatic rings. The fourth-order valence-corrected chi connectivity index (χ4v) is 4.10. The zero-order chi connectivity index (χ0) is 15.7. The van der Waals surface area contributed by atoms with Crippen LogP contribution in [0.4, 0.5) is 0 Å². The molecule has 1 aliphatic rings. The highest BCUT2D eigenvalue weighted by atomic mass is 32.2. The van der Waals surface area contributed by atoms with Gasteiger partial charge in [-0.15, -0.1) is 0 Å². The number of nitrogens with one attached hydrogen (secondary N) is 1. The number of nitrogens with zero attached hydrogens (tertiary/aromatic N) is 1. The number of aliphatic carboxylic acids is 1. The predicted molar refractivity (Wildman–Crippen MR) is 82.3 cm³/mol. The minimum atomic E-state index is -3.67. The molecule has 1 fully saturated rings. The van der Waals surface area contributed by atoms with E-state index in [9.17, 15) is 13.2 Å². The number of piperidine rings is 1. The molecule has 21 heavy (non-hydrogen) atoms. The average molecular weight is 320 g/mol. The van der Waals surface area contributed by atoms with Crippen LogP contribution in [-0.2, 0) is 15.0 Å². The normalized spacial score (nSPS) is 20.5. The van der Waals surface area contributed by atoms with Gasteiger partial charge in [-0.1, -0.05) is 39.0 Å². The van der Waals surface area contributed by atoms with Crippen molar-refractivity contribution in [2.45, 2.75) is 70.8 Å². The van der Waals surface area contributed by atoms with Crippen LogP contribution in [0.15, 0.2) is 0 Å². The van der Waals surface area contributed by atoms with Gasteiger partial charge in [-0.2, -0.15) is 12.7 Å². The number of unbranched alkanes of at least 4 members (excludes halogenated alkanes) is 5. The second kappa shape index (κ2) is 9.38. The lowest BCUT2D eigenvalue weighted by molar-refractivity contribution is -0.142. The molecule has 0 aromatic carbocycles. The van der Waals surface area contributed by atoms with Gasteiger partial charge >= 0.3 is 5.97 Å². The number of rotatable bonds is 10. The molecule has 1 unspecified atom stereocenters. The summed E-state index contributed by atoms with van der Waals surface area (Å²) in [6.45, 7) is 2.84. The fraction of sp³-hybridized carbons (Fsp3) is 0.929. The number of carbonyl (C=O) groups is 1. The molecular formula is C14H28N2O4S. The van der Waals surface area contributed by atoms with E-state index in [1.54, 1.807) is 0 Å². The third-order valence-corrected chi connectivity index (χ3v) is 5.49. The van der Waals surface area contributed by atoms with Gasteiger partial charge < -0.3 is 5.11 Å². The Balaban J connectivity index is 2.36. The van der Waals surface area contributed by atoms with Crippen molar-refractivity contribution in [3.05, 3.63) is 0 Å². The first-order valence-corrected chi connectivity index (χ1v) is 9.42. The highest BCUT2D eigenvalue weighted by Crippen LogP contribution is 2.20. The smallest absolute Gasteiger partial charge is 0.322 e. The molecule has 0 amide bonds. The molecule has 0 aromatic heterocycles. The first-order valence-electron chi connectivity index (χ1n) is 7.98. The summed E-state index contributed by atoms with van der Waals surface area (Å²) in [5.74, 6) is -1.06. The molecule has 1 saturated heterocycles. The summed E-state index contributed by atoms with van der Waals surface area (Å²) in [5, 5.41) is 9.13. The first kappa shape index (κ1) is 18.4. The number of carboxylic acids is 1. The number of carboxylic acid groups (broad SMARTS) is 1. The van der Waals surface area contributed by atoms with E-state index in [0.29, 0.717) is 19.5 Å². The summed E-state index contributed by atoms with van der Waals surface area (Å²) < 4.78 is 28.0. The maximum atomic E-state index is 12.2. The van der Waals surface area contributed by atoms with E-state index >= 15 is 0 Å². The van der Waals surface area contributed by atoms with Crippen LogP contribution in [0.25, 0.3) is 0 Å². The lowest BCUT2D eigenvalue weighted by Gasteiger charge is -2.31. The summed E-state index contributed by atoms with van der Waals surface area (Å²) in [6, 6.07) is -0.916. The van der Waals surface area contributed by atoms with Crippen LogP contribution in [0.1, 0.15) is 64.7 Å². The molecule has 2 N–H and O–H groups in total. The van der Waals surface area contributed by atoms with Gasteiger partial charge in [-0.05, 0) is 25.7 Å². The molecule has 0 aliphatic carbocycles. The Morgan fingerprint density at radius 1 is 1.19 bits per heavy atom. The third-order valence-electron chi connectivity index (χ3n) is 3.86. The van der Waals surface area contributed by atoms with E-state index in [-0.39, 0.29) is 0 Å². The number of hydrogen-bond acceptors (Lipinski definition) is 3. The minimum absolute atomic E-state index is 0.294. The highest BCUT2D eigenvalue weighted by molar-refractivity contribution is 7.87. The van der Waals surface area contributed by atoms with Crippen molar-refractivity contribution >= 4 is 16.2 Å². The van der Waals surface area contributed by atoms with Gasteiger partial charge in [0.1, 0.15) is 6.04 Å². The van der Waals surface area contributed by atoms with Gasteiger partial charge in [0.25, 0.3) is 10.2 Å². The molecule has 0 bridgehead atoms. The van der Waals surface area contributed by atoms with E-state index in [4.69, 9.17) is 5.11 Å². The van der Waals surface area contributed by atoms with Crippen LogP contribution >= 0.6 is 0 Å². The van der Waals surface area contributed by atoms with Crippen molar-refractivity contribution in [3.8, 4) is 0 Å². The molecule has 1 heterocycles. The van der Waals surface area contributed by atoms with Crippen LogP contribution in [0.5, 0.6) is 0 Å². The SMILES string of the molecule is CCCCCCCCNS(=O)(=O)N1CCCCC1C(=O)O. The Labute approximate surface area is 128 Å². The zero-order valence-corrected chi connectivity index (χ0v) is 13.7. The molecule has 124 valence electrons. The Bertz CT molecular complexity index is 411. The van der Waals surface area contributed by atoms with Gasteiger partial charge in [-0.25, -0.2) is 4.72 Å². The molecule has 6 nitrogen and oxygen atoms in total. The van der Waals surface area contributed by atoms with E-state index in [0.717, 1.165) is 36.4 Å². The quantitative estimate of drug-likeness (QED) is 0.604. The van der Waals surface area contributed by atoms with Crippen molar-refractivity contribution in [3.63, 3.8) is 0 Å². The van der Waals surface area contributed by atoms with Crippen molar-refractivity contribution < 1.29 is 18.3 Å². The Kier molecular flexibility index (Phi) is 8.21. The molecule has 1 rings (SSSR count). The van der Waals surface area contributed by atoms with Crippen LogP contribution < -0.4 is 4.72 Å². The maximum absolute atomic E-state index is 12.2. The molecular weight excluding hydrogens is 292 g/mol. The molecule has 0 spiro atoms. The largest absolute Gasteiger partial charge is 0.480 e. The first-order chi connectivity index (χ1) is 9.99. The van der Waals surface area contributed by atoms with E-state index in [1.807, 2.05) is 0 Å². The molecule has 1 aliphatic heterocycles.